The molecule has 352 valence electrons. The summed E-state index contributed by atoms with van der Waals surface area (Å²) in [6.45, 7) is 4.94. The molecule has 4 aromatic carbocycles. The van der Waals surface area contributed by atoms with Gasteiger partial charge in [-0.25, -0.2) is 26.4 Å². The predicted octanol–water partition coefficient (Wildman–Crippen LogP) is 4.58. The molecular weight excluding hydrogens is 893 g/mol. The van der Waals surface area contributed by atoms with Crippen LogP contribution in [0.1, 0.15) is 56.7 Å². The summed E-state index contributed by atoms with van der Waals surface area (Å²) in [4.78, 5) is 29.3. The molecule has 2 fully saturated rings. The van der Waals surface area contributed by atoms with Gasteiger partial charge in [-0.1, -0.05) is 36.4 Å². The smallest absolute Gasteiger partial charge is 0.410 e. The van der Waals surface area contributed by atoms with Crippen molar-refractivity contribution >= 4 is 37.7 Å². The Morgan fingerprint density at radius 3 is 1.91 bits per heavy atom. The highest BCUT2D eigenvalue weighted by Crippen LogP contribution is 2.42. The maximum absolute atomic E-state index is 16.0. The minimum atomic E-state index is -5.01. The molecule has 0 aliphatic carbocycles. The van der Waals surface area contributed by atoms with Crippen LogP contribution >= 0.6 is 0 Å². The van der Waals surface area contributed by atoms with Crippen molar-refractivity contribution in [1.82, 2.24) is 34.1 Å². The predicted molar refractivity (Wildman–Crippen MR) is 242 cm³/mol. The van der Waals surface area contributed by atoms with Gasteiger partial charge in [-0.15, -0.1) is 10.2 Å². The SMILES string of the molecule is COc1ccc(CN(Cc2ccc(OC)cc2)S(=O)(=O)c2c(S(=O)(=O)N[C@@H]3CCN(C(=O)OC(C)(C)C)C3)ccc(N3CCCC(O)C3=O)c2-c2nnn(Cc3ccc(OC)cc3)n2)cc1. The molecule has 1 unspecified atom stereocenters. The molecule has 5 aromatic rings. The topological polar surface area (TPSA) is 225 Å². The third-order valence-corrected chi connectivity index (χ3v) is 14.6. The minimum absolute atomic E-state index is 0.0499. The molecule has 0 saturated carbocycles. The summed E-state index contributed by atoms with van der Waals surface area (Å²) in [5.41, 5.74) is 0.655. The van der Waals surface area contributed by atoms with E-state index in [9.17, 15) is 23.1 Å². The summed E-state index contributed by atoms with van der Waals surface area (Å²) >= 11 is 0. The molecule has 7 rings (SSSR count). The Balaban J connectivity index is 1.43. The number of anilines is 1. The van der Waals surface area contributed by atoms with E-state index in [4.69, 9.17) is 18.9 Å². The Labute approximate surface area is 384 Å². The Hall–Kier alpha value is -6.13. The minimum Gasteiger partial charge on any atom is -0.497 e. The molecule has 2 atom stereocenters. The van der Waals surface area contributed by atoms with Crippen molar-refractivity contribution in [3.05, 3.63) is 102 Å². The maximum atomic E-state index is 16.0. The highest BCUT2D eigenvalue weighted by Gasteiger charge is 2.42. The first kappa shape index (κ1) is 47.8. The molecule has 1 aromatic heterocycles. The molecule has 2 saturated heterocycles. The van der Waals surface area contributed by atoms with Crippen LogP contribution < -0.4 is 23.8 Å². The van der Waals surface area contributed by atoms with E-state index in [-0.39, 0.29) is 69.2 Å². The number of aliphatic hydroxyl groups is 1. The number of nitrogens with one attached hydrogen (secondary N) is 1. The molecule has 66 heavy (non-hydrogen) atoms. The normalized spacial score (nSPS) is 17.0. The van der Waals surface area contributed by atoms with E-state index in [1.54, 1.807) is 101 Å². The highest BCUT2D eigenvalue weighted by atomic mass is 32.2. The molecule has 2 aliphatic heterocycles. The van der Waals surface area contributed by atoms with E-state index < -0.39 is 59.6 Å². The van der Waals surface area contributed by atoms with Crippen molar-refractivity contribution in [3.8, 4) is 28.6 Å². The summed E-state index contributed by atoms with van der Waals surface area (Å²) in [6, 6.07) is 22.2. The summed E-state index contributed by atoms with van der Waals surface area (Å²) < 4.78 is 87.2. The number of carbonyl (C=O) groups is 2. The fraction of sp³-hybridized carbons (Fsp3) is 0.400. The molecule has 2 amide bonds. The summed E-state index contributed by atoms with van der Waals surface area (Å²) in [6.07, 6.45) is -1.31. The Morgan fingerprint density at radius 1 is 0.803 bits per heavy atom. The third kappa shape index (κ3) is 10.9. The first-order chi connectivity index (χ1) is 31.4. The van der Waals surface area contributed by atoms with E-state index in [1.807, 2.05) is 0 Å². The zero-order chi connectivity index (χ0) is 47.4. The van der Waals surface area contributed by atoms with Crippen molar-refractivity contribution in [3.63, 3.8) is 0 Å². The van der Waals surface area contributed by atoms with Gasteiger partial charge in [0.25, 0.3) is 5.91 Å². The second-order valence-corrected chi connectivity index (χ2v) is 20.5. The number of aliphatic hydroxyl groups excluding tert-OH is 1. The summed E-state index contributed by atoms with van der Waals surface area (Å²) in [7, 11) is -5.26. The highest BCUT2D eigenvalue weighted by molar-refractivity contribution is 7.92. The molecular formula is C45H54N8O11S2. The number of benzene rings is 4. The standard InChI is InChI=1S/C45H54N8O11S2/c1-45(2,3)64-44(56)50-25-23-33(29-50)48-65(57,58)39-22-21-37(52-24-7-8-38(54)43(52)55)40(42-46-49-53(47-42)28-32-13-19-36(63-6)20-14-32)41(39)66(59,60)51(26-30-9-15-34(61-4)16-10-30)27-31-11-17-35(62-5)18-12-31/h9-22,33,38,48,54H,7-8,23-29H2,1-6H3/t33-,38?/m1/s1. The van der Waals surface area contributed by atoms with Gasteiger partial charge in [0, 0.05) is 38.8 Å². The number of ether oxygens (including phenoxy) is 4. The van der Waals surface area contributed by atoms with Gasteiger partial charge in [-0.3, -0.25) is 4.79 Å². The number of rotatable bonds is 16. The van der Waals surface area contributed by atoms with Crippen LogP contribution in [0.2, 0.25) is 0 Å². The van der Waals surface area contributed by atoms with Gasteiger partial charge in [0.1, 0.15) is 38.7 Å². The number of methoxy groups -OCH3 is 3. The lowest BCUT2D eigenvalue weighted by atomic mass is 10.0. The number of amides is 2. The number of piperidine rings is 1. The zero-order valence-electron chi connectivity index (χ0n) is 37.6. The van der Waals surface area contributed by atoms with E-state index in [0.29, 0.717) is 34.8 Å². The third-order valence-electron chi connectivity index (χ3n) is 11.0. The lowest BCUT2D eigenvalue weighted by molar-refractivity contribution is -0.128. The van der Waals surface area contributed by atoms with Crippen LogP contribution in [0.5, 0.6) is 17.2 Å². The van der Waals surface area contributed by atoms with E-state index in [0.717, 1.165) is 15.9 Å². The Bertz CT molecular complexity index is 2700. The number of hydrogen-bond acceptors (Lipinski definition) is 14. The monoisotopic (exact) mass is 946 g/mol. The van der Waals surface area contributed by atoms with Gasteiger partial charge in [-0.2, -0.15) is 9.10 Å². The van der Waals surface area contributed by atoms with Crippen molar-refractivity contribution in [1.29, 1.82) is 0 Å². The molecule has 21 heteroatoms. The zero-order valence-corrected chi connectivity index (χ0v) is 39.2. The van der Waals surface area contributed by atoms with Crippen molar-refractivity contribution in [2.75, 3.05) is 45.9 Å². The van der Waals surface area contributed by atoms with Gasteiger partial charge in [-0.05, 0) is 110 Å². The first-order valence-electron chi connectivity index (χ1n) is 21.2. The van der Waals surface area contributed by atoms with Crippen LogP contribution in [-0.4, -0.2) is 122 Å². The van der Waals surface area contributed by atoms with Gasteiger partial charge in [0.05, 0.1) is 39.1 Å². The number of sulfonamides is 2. The number of aromatic nitrogens is 4. The second kappa shape index (κ2) is 19.8. The van der Waals surface area contributed by atoms with Crippen molar-refractivity contribution in [2.24, 2.45) is 0 Å². The fourth-order valence-corrected chi connectivity index (χ4v) is 11.4. The Kier molecular flexibility index (Phi) is 14.3. The molecule has 0 radical (unpaired) electrons. The van der Waals surface area contributed by atoms with Crippen LogP contribution in [0.15, 0.2) is 94.7 Å². The lowest BCUT2D eigenvalue weighted by Gasteiger charge is -2.32. The van der Waals surface area contributed by atoms with E-state index in [2.05, 4.69) is 20.1 Å². The van der Waals surface area contributed by atoms with Crippen LogP contribution in [0.4, 0.5) is 10.5 Å². The molecule has 0 bridgehead atoms. The van der Waals surface area contributed by atoms with Crippen molar-refractivity contribution < 1.29 is 50.5 Å². The van der Waals surface area contributed by atoms with Crippen LogP contribution in [0.3, 0.4) is 0 Å². The molecule has 2 aliphatic rings. The van der Waals surface area contributed by atoms with Crippen LogP contribution in [0, 0.1) is 0 Å². The summed E-state index contributed by atoms with van der Waals surface area (Å²) in [5, 5.41) is 24.0. The molecule has 3 heterocycles. The maximum Gasteiger partial charge on any atom is 0.410 e. The van der Waals surface area contributed by atoms with Gasteiger partial charge in [0.2, 0.25) is 25.9 Å². The quantitative estimate of drug-likeness (QED) is 0.138. The van der Waals surface area contributed by atoms with Gasteiger partial charge >= 0.3 is 6.09 Å². The van der Waals surface area contributed by atoms with E-state index in [1.165, 1.54) is 34.9 Å². The average molecular weight is 947 g/mol. The lowest BCUT2D eigenvalue weighted by Crippen LogP contribution is -2.45. The van der Waals surface area contributed by atoms with Crippen molar-refractivity contribution in [2.45, 2.75) is 87.2 Å². The fourth-order valence-electron chi connectivity index (χ4n) is 7.72. The first-order valence-corrected chi connectivity index (χ1v) is 24.1. The van der Waals surface area contributed by atoms with Crippen LogP contribution in [-0.2, 0) is 49.2 Å². The Morgan fingerprint density at radius 2 is 1.36 bits per heavy atom. The number of hydrogen-bond donors (Lipinski definition) is 2. The van der Waals surface area contributed by atoms with Crippen LogP contribution in [0.25, 0.3) is 11.4 Å². The van der Waals surface area contributed by atoms with E-state index >= 15 is 8.42 Å². The van der Waals surface area contributed by atoms with Gasteiger partial charge < -0.3 is 33.9 Å². The molecule has 0 spiro atoms. The molecule has 2 N–H and O–H groups in total. The number of nitrogens with zero attached hydrogens (tertiary/aromatic N) is 7. The van der Waals surface area contributed by atoms with Gasteiger partial charge in [0.15, 0.2) is 0 Å². The summed E-state index contributed by atoms with van der Waals surface area (Å²) in [5.74, 6) is 0.674. The molecule has 19 nitrogen and oxygen atoms in total. The second-order valence-electron chi connectivity index (χ2n) is 16.9. The number of carbonyl (C=O) groups excluding carboxylic acids is 2. The number of tetrazole rings is 1. The number of likely N-dealkylation sites (tertiary alicyclic amines) is 1. The largest absolute Gasteiger partial charge is 0.497 e. The average Bonchev–Trinajstić information content (AvgIpc) is 3.96.